The first-order valence-corrected chi connectivity index (χ1v) is 8.44. The molecule has 2 aromatic rings. The van der Waals surface area contributed by atoms with Crippen molar-refractivity contribution in [2.75, 3.05) is 24.5 Å². The van der Waals surface area contributed by atoms with Crippen LogP contribution >= 0.6 is 11.6 Å². The van der Waals surface area contributed by atoms with Crippen LogP contribution in [0.5, 0.6) is 0 Å². The van der Waals surface area contributed by atoms with Crippen LogP contribution in [-0.2, 0) is 6.54 Å². The van der Waals surface area contributed by atoms with E-state index in [1.165, 1.54) is 12.8 Å². The number of pyridine rings is 1. The smallest absolute Gasteiger partial charge is 0.128 e. The van der Waals surface area contributed by atoms with Crippen molar-refractivity contribution in [3.63, 3.8) is 0 Å². The zero-order valence-corrected chi connectivity index (χ0v) is 13.8. The first-order chi connectivity index (χ1) is 11.2. The number of halogens is 1. The lowest BCUT2D eigenvalue weighted by Gasteiger charge is -2.16. The van der Waals surface area contributed by atoms with Gasteiger partial charge in [0.1, 0.15) is 5.82 Å². The minimum atomic E-state index is -0.538. The molecule has 0 spiro atoms. The summed E-state index contributed by atoms with van der Waals surface area (Å²) in [5, 5.41) is 14.1. The number of nitrogens with zero attached hydrogens (tertiary/aromatic N) is 2. The van der Waals surface area contributed by atoms with Crippen LogP contribution in [0.3, 0.4) is 0 Å². The van der Waals surface area contributed by atoms with Crippen LogP contribution in [0, 0.1) is 0 Å². The van der Waals surface area contributed by atoms with E-state index in [0.717, 1.165) is 30.0 Å². The van der Waals surface area contributed by atoms with E-state index in [2.05, 4.69) is 27.3 Å². The standard InChI is InChI=1S/C18H22ClN3O/c19-16-6-4-15(5-7-16)17(23)13-20-11-14-3-8-18(21-12-14)22-9-1-2-10-22/h3-8,12,17,20,23H,1-2,9-11,13H2. The number of benzene rings is 1. The van der Waals surface area contributed by atoms with Crippen LogP contribution in [0.1, 0.15) is 30.1 Å². The van der Waals surface area contributed by atoms with E-state index in [9.17, 15) is 5.11 Å². The Morgan fingerprint density at radius 3 is 2.52 bits per heavy atom. The Labute approximate surface area is 142 Å². The van der Waals surface area contributed by atoms with Gasteiger partial charge in [-0.1, -0.05) is 29.8 Å². The molecular weight excluding hydrogens is 310 g/mol. The van der Waals surface area contributed by atoms with Gasteiger partial charge in [-0.15, -0.1) is 0 Å². The Morgan fingerprint density at radius 1 is 1.13 bits per heavy atom. The largest absolute Gasteiger partial charge is 0.387 e. The van der Waals surface area contributed by atoms with Gasteiger partial charge in [0.25, 0.3) is 0 Å². The molecule has 1 saturated heterocycles. The van der Waals surface area contributed by atoms with Gasteiger partial charge in [-0.3, -0.25) is 0 Å². The lowest BCUT2D eigenvalue weighted by Crippen LogP contribution is -2.22. The maximum atomic E-state index is 10.1. The summed E-state index contributed by atoms with van der Waals surface area (Å²) in [6.45, 7) is 3.41. The van der Waals surface area contributed by atoms with Crippen molar-refractivity contribution in [2.45, 2.75) is 25.5 Å². The van der Waals surface area contributed by atoms with Gasteiger partial charge in [-0.2, -0.15) is 0 Å². The fraction of sp³-hybridized carbons (Fsp3) is 0.389. The number of anilines is 1. The molecule has 3 rings (SSSR count). The van der Waals surface area contributed by atoms with E-state index in [0.29, 0.717) is 18.1 Å². The molecule has 1 aliphatic rings. The summed E-state index contributed by atoms with van der Waals surface area (Å²) in [4.78, 5) is 6.86. The normalized spacial score (nSPS) is 15.8. The van der Waals surface area contributed by atoms with E-state index < -0.39 is 6.10 Å². The van der Waals surface area contributed by atoms with Gasteiger partial charge in [0.15, 0.2) is 0 Å². The molecule has 0 bridgehead atoms. The van der Waals surface area contributed by atoms with E-state index in [-0.39, 0.29) is 0 Å². The molecule has 1 aromatic heterocycles. The van der Waals surface area contributed by atoms with Crippen LogP contribution in [0.2, 0.25) is 5.02 Å². The van der Waals surface area contributed by atoms with E-state index in [1.807, 2.05) is 18.3 Å². The minimum absolute atomic E-state index is 0.496. The summed E-state index contributed by atoms with van der Waals surface area (Å²) < 4.78 is 0. The fourth-order valence-corrected chi connectivity index (χ4v) is 2.94. The zero-order valence-electron chi connectivity index (χ0n) is 13.1. The molecule has 1 aliphatic heterocycles. The third-order valence-corrected chi connectivity index (χ3v) is 4.41. The Balaban J connectivity index is 1.47. The van der Waals surface area contributed by atoms with Gasteiger partial charge in [0, 0.05) is 37.4 Å². The molecule has 5 heteroatoms. The number of rotatable bonds is 6. The molecule has 1 atom stereocenters. The van der Waals surface area contributed by atoms with E-state index in [4.69, 9.17) is 11.6 Å². The second kappa shape index (κ2) is 7.77. The Morgan fingerprint density at radius 2 is 1.87 bits per heavy atom. The molecule has 2 N–H and O–H groups in total. The number of aromatic nitrogens is 1. The summed E-state index contributed by atoms with van der Waals surface area (Å²) in [6.07, 6.45) is 3.89. The average molecular weight is 332 g/mol. The Bertz CT molecular complexity index is 609. The highest BCUT2D eigenvalue weighted by molar-refractivity contribution is 6.30. The molecule has 1 unspecified atom stereocenters. The highest BCUT2D eigenvalue weighted by Gasteiger charge is 2.13. The van der Waals surface area contributed by atoms with Crippen LogP contribution in [0.15, 0.2) is 42.6 Å². The third-order valence-electron chi connectivity index (χ3n) is 4.16. The number of nitrogens with one attached hydrogen (secondary N) is 1. The molecule has 1 fully saturated rings. The zero-order chi connectivity index (χ0) is 16.1. The van der Waals surface area contributed by atoms with E-state index >= 15 is 0 Å². The van der Waals surface area contributed by atoms with Crippen LogP contribution in [-0.4, -0.2) is 29.7 Å². The van der Waals surface area contributed by atoms with Crippen LogP contribution in [0.4, 0.5) is 5.82 Å². The molecular formula is C18H22ClN3O. The molecule has 4 nitrogen and oxygen atoms in total. The fourth-order valence-electron chi connectivity index (χ4n) is 2.81. The van der Waals surface area contributed by atoms with Crippen molar-refractivity contribution in [1.29, 1.82) is 0 Å². The second-order valence-corrected chi connectivity index (χ2v) is 6.35. The lowest BCUT2D eigenvalue weighted by atomic mass is 10.1. The summed E-state index contributed by atoms with van der Waals surface area (Å²) in [5.41, 5.74) is 1.99. The Hall–Kier alpha value is -1.62. The molecule has 122 valence electrons. The van der Waals surface area contributed by atoms with Crippen molar-refractivity contribution >= 4 is 17.4 Å². The van der Waals surface area contributed by atoms with Crippen molar-refractivity contribution in [3.8, 4) is 0 Å². The minimum Gasteiger partial charge on any atom is -0.387 e. The van der Waals surface area contributed by atoms with E-state index in [1.54, 1.807) is 12.1 Å². The molecule has 0 saturated carbocycles. The van der Waals surface area contributed by atoms with Gasteiger partial charge < -0.3 is 15.3 Å². The predicted octanol–water partition coefficient (Wildman–Crippen LogP) is 3.16. The van der Waals surface area contributed by atoms with Crippen molar-refractivity contribution in [3.05, 3.63) is 58.7 Å². The number of hydrogen-bond donors (Lipinski definition) is 2. The summed E-state index contributed by atoms with van der Waals surface area (Å²) in [5.74, 6) is 1.06. The van der Waals surface area contributed by atoms with Crippen molar-refractivity contribution in [1.82, 2.24) is 10.3 Å². The maximum absolute atomic E-state index is 10.1. The summed E-state index contributed by atoms with van der Waals surface area (Å²) in [7, 11) is 0. The van der Waals surface area contributed by atoms with Gasteiger partial charge in [-0.25, -0.2) is 4.98 Å². The molecule has 0 amide bonds. The van der Waals surface area contributed by atoms with Crippen LogP contribution < -0.4 is 10.2 Å². The SMILES string of the molecule is OC(CNCc1ccc(N2CCCC2)nc1)c1ccc(Cl)cc1. The second-order valence-electron chi connectivity index (χ2n) is 5.92. The molecule has 23 heavy (non-hydrogen) atoms. The number of hydrogen-bond acceptors (Lipinski definition) is 4. The average Bonchev–Trinajstić information content (AvgIpc) is 3.10. The molecule has 2 heterocycles. The topological polar surface area (TPSA) is 48.4 Å². The predicted molar refractivity (Wildman–Crippen MR) is 93.8 cm³/mol. The summed E-state index contributed by atoms with van der Waals surface area (Å²) in [6, 6.07) is 11.5. The quantitative estimate of drug-likeness (QED) is 0.853. The highest BCUT2D eigenvalue weighted by Crippen LogP contribution is 2.18. The van der Waals surface area contributed by atoms with Crippen molar-refractivity contribution < 1.29 is 5.11 Å². The lowest BCUT2D eigenvalue weighted by molar-refractivity contribution is 0.174. The molecule has 0 aliphatic carbocycles. The van der Waals surface area contributed by atoms with Crippen LogP contribution in [0.25, 0.3) is 0 Å². The number of aliphatic hydroxyl groups excluding tert-OH is 1. The number of aliphatic hydroxyl groups is 1. The highest BCUT2D eigenvalue weighted by atomic mass is 35.5. The van der Waals surface area contributed by atoms with Gasteiger partial charge in [0.2, 0.25) is 0 Å². The van der Waals surface area contributed by atoms with Gasteiger partial charge in [0.05, 0.1) is 6.10 Å². The molecule has 1 aromatic carbocycles. The Kier molecular flexibility index (Phi) is 5.49. The monoisotopic (exact) mass is 331 g/mol. The first kappa shape index (κ1) is 16.2. The van der Waals surface area contributed by atoms with Gasteiger partial charge in [-0.05, 0) is 42.2 Å². The maximum Gasteiger partial charge on any atom is 0.128 e. The van der Waals surface area contributed by atoms with Gasteiger partial charge >= 0.3 is 0 Å². The summed E-state index contributed by atoms with van der Waals surface area (Å²) >= 11 is 5.85. The first-order valence-electron chi connectivity index (χ1n) is 8.06. The molecule has 0 radical (unpaired) electrons. The van der Waals surface area contributed by atoms with Crippen molar-refractivity contribution in [2.24, 2.45) is 0 Å². The third kappa shape index (κ3) is 4.44.